The van der Waals surface area contributed by atoms with Crippen LogP contribution in [0, 0.1) is 13.8 Å². The Hall–Kier alpha value is -3.45. The van der Waals surface area contributed by atoms with Gasteiger partial charge in [0.1, 0.15) is 5.82 Å². The second-order valence-corrected chi connectivity index (χ2v) is 9.69. The molecule has 7 nitrogen and oxygen atoms in total. The van der Waals surface area contributed by atoms with Gasteiger partial charge in [-0.05, 0) is 38.8 Å². The van der Waals surface area contributed by atoms with Gasteiger partial charge in [-0.2, -0.15) is 0 Å². The Balaban J connectivity index is 1.48. The van der Waals surface area contributed by atoms with Crippen molar-refractivity contribution in [2.75, 3.05) is 29.9 Å². The minimum absolute atomic E-state index is 0.0881. The van der Waals surface area contributed by atoms with E-state index in [1.54, 1.807) is 0 Å². The first-order valence-electron chi connectivity index (χ1n) is 12.4. The number of aryl methyl sites for hydroxylation is 2. The summed E-state index contributed by atoms with van der Waals surface area (Å²) in [4.78, 5) is 27.5. The third-order valence-electron chi connectivity index (χ3n) is 6.79. The van der Waals surface area contributed by atoms with Crippen LogP contribution in [0.5, 0.6) is 0 Å². The number of amides is 2. The molecule has 0 saturated carbocycles. The summed E-state index contributed by atoms with van der Waals surface area (Å²) in [6.45, 7) is 10.9. The van der Waals surface area contributed by atoms with Crippen molar-refractivity contribution in [1.82, 2.24) is 14.9 Å². The van der Waals surface area contributed by atoms with Gasteiger partial charge in [-0.1, -0.05) is 48.5 Å². The Morgan fingerprint density at radius 1 is 0.971 bits per heavy atom. The first-order valence-corrected chi connectivity index (χ1v) is 12.4. The van der Waals surface area contributed by atoms with Gasteiger partial charge in [0, 0.05) is 42.9 Å². The molecule has 2 amide bonds. The maximum atomic E-state index is 13.3. The van der Waals surface area contributed by atoms with E-state index in [2.05, 4.69) is 24.1 Å². The number of nitrogens with one attached hydrogen (secondary N) is 1. The number of carbonyl (C=O) groups is 1. The molecule has 1 fully saturated rings. The average Bonchev–Trinajstić information content (AvgIpc) is 2.85. The van der Waals surface area contributed by atoms with Crippen LogP contribution in [0.3, 0.4) is 0 Å². The molecule has 2 aliphatic rings. The lowest BCUT2D eigenvalue weighted by molar-refractivity contribution is -0.00556. The fourth-order valence-corrected chi connectivity index (χ4v) is 5.10. The van der Waals surface area contributed by atoms with Crippen molar-refractivity contribution < 1.29 is 9.53 Å². The van der Waals surface area contributed by atoms with Gasteiger partial charge in [0.15, 0.2) is 5.82 Å². The number of anilines is 2. The van der Waals surface area contributed by atoms with Crippen LogP contribution in [0.1, 0.15) is 36.2 Å². The van der Waals surface area contributed by atoms with E-state index in [1.165, 1.54) is 0 Å². The van der Waals surface area contributed by atoms with Crippen LogP contribution in [0.25, 0.3) is 11.4 Å². The molecule has 7 heteroatoms. The van der Waals surface area contributed by atoms with Crippen molar-refractivity contribution in [3.63, 3.8) is 0 Å². The number of aromatic nitrogens is 2. The molecule has 0 aliphatic carbocycles. The molecule has 2 unspecified atom stereocenters. The van der Waals surface area contributed by atoms with Crippen molar-refractivity contribution in [1.29, 1.82) is 0 Å². The lowest BCUT2D eigenvalue weighted by atomic mass is 10.0. The standard InChI is InChI=1S/C28H33N5O2/c1-18-9-8-10-19(2)25(18)30-28(34)32-14-13-24-23(17-32)27(33-15-20(3)35-21(4)16-33)31-26(29-24)22-11-6-5-7-12-22/h5-12,20-21H,13-17H2,1-4H3,(H,30,34). The third kappa shape index (κ3) is 4.86. The third-order valence-corrected chi connectivity index (χ3v) is 6.79. The molecule has 0 radical (unpaired) electrons. The minimum Gasteiger partial charge on any atom is -0.372 e. The molecule has 0 spiro atoms. The van der Waals surface area contributed by atoms with Crippen LogP contribution in [0.4, 0.5) is 16.3 Å². The van der Waals surface area contributed by atoms with E-state index in [0.717, 1.165) is 58.4 Å². The van der Waals surface area contributed by atoms with Crippen LogP contribution in [0.2, 0.25) is 0 Å². The van der Waals surface area contributed by atoms with Gasteiger partial charge in [0.05, 0.1) is 24.4 Å². The Labute approximate surface area is 207 Å². The zero-order valence-corrected chi connectivity index (χ0v) is 20.9. The summed E-state index contributed by atoms with van der Waals surface area (Å²) >= 11 is 0. The number of ether oxygens (including phenoxy) is 1. The van der Waals surface area contributed by atoms with Crippen molar-refractivity contribution >= 4 is 17.5 Å². The maximum absolute atomic E-state index is 13.3. The summed E-state index contributed by atoms with van der Waals surface area (Å²) in [6, 6.07) is 16.1. The second kappa shape index (κ2) is 9.66. The number of rotatable bonds is 3. The number of fused-ring (bicyclic) bond motifs is 1. The average molecular weight is 472 g/mol. The normalized spacial score (nSPS) is 19.9. The molecule has 1 saturated heterocycles. The summed E-state index contributed by atoms with van der Waals surface area (Å²) in [5, 5.41) is 3.14. The molecule has 182 valence electrons. The van der Waals surface area contributed by atoms with E-state index < -0.39 is 0 Å². The smallest absolute Gasteiger partial charge is 0.322 e. The summed E-state index contributed by atoms with van der Waals surface area (Å²) in [5.41, 5.74) is 6.06. The van der Waals surface area contributed by atoms with E-state index in [4.69, 9.17) is 14.7 Å². The largest absolute Gasteiger partial charge is 0.372 e. The van der Waals surface area contributed by atoms with Gasteiger partial charge < -0.3 is 19.9 Å². The second-order valence-electron chi connectivity index (χ2n) is 9.69. The molecule has 1 N–H and O–H groups in total. The lowest BCUT2D eigenvalue weighted by Gasteiger charge is -2.39. The molecule has 2 aliphatic heterocycles. The molecule has 2 atom stereocenters. The van der Waals surface area contributed by atoms with Crippen molar-refractivity contribution in [2.45, 2.75) is 52.9 Å². The summed E-state index contributed by atoms with van der Waals surface area (Å²) in [7, 11) is 0. The Kier molecular flexibility index (Phi) is 6.43. The maximum Gasteiger partial charge on any atom is 0.322 e. The quantitative estimate of drug-likeness (QED) is 0.584. The first-order chi connectivity index (χ1) is 16.9. The SMILES string of the molecule is Cc1cccc(C)c1NC(=O)N1CCc2nc(-c3ccccc3)nc(N3CC(C)OC(C)C3)c2C1. The van der Waals surface area contributed by atoms with Gasteiger partial charge in [-0.3, -0.25) is 0 Å². The van der Waals surface area contributed by atoms with E-state index in [9.17, 15) is 4.79 Å². The van der Waals surface area contributed by atoms with E-state index >= 15 is 0 Å². The van der Waals surface area contributed by atoms with Crippen molar-refractivity contribution in [3.8, 4) is 11.4 Å². The fraction of sp³-hybridized carbons (Fsp3) is 0.393. The highest BCUT2D eigenvalue weighted by atomic mass is 16.5. The van der Waals surface area contributed by atoms with Crippen LogP contribution in [-0.4, -0.2) is 52.7 Å². The van der Waals surface area contributed by atoms with E-state index in [-0.39, 0.29) is 18.2 Å². The zero-order valence-electron chi connectivity index (χ0n) is 20.9. The number of urea groups is 1. The molecule has 3 heterocycles. The summed E-state index contributed by atoms with van der Waals surface area (Å²) in [5.74, 6) is 1.65. The number of hydrogen-bond donors (Lipinski definition) is 1. The predicted octanol–water partition coefficient (Wildman–Crippen LogP) is 4.96. The van der Waals surface area contributed by atoms with Gasteiger partial charge in [-0.25, -0.2) is 14.8 Å². The number of para-hydroxylation sites is 1. The lowest BCUT2D eigenvalue weighted by Crippen LogP contribution is -2.47. The number of hydrogen-bond acceptors (Lipinski definition) is 5. The van der Waals surface area contributed by atoms with Crippen LogP contribution in [0.15, 0.2) is 48.5 Å². The van der Waals surface area contributed by atoms with Gasteiger partial charge in [0.25, 0.3) is 0 Å². The zero-order chi connectivity index (χ0) is 24.5. The highest BCUT2D eigenvalue weighted by Gasteiger charge is 2.31. The van der Waals surface area contributed by atoms with Crippen molar-refractivity contribution in [3.05, 3.63) is 70.9 Å². The van der Waals surface area contributed by atoms with Crippen LogP contribution in [-0.2, 0) is 17.7 Å². The summed E-state index contributed by atoms with van der Waals surface area (Å²) in [6.07, 6.45) is 0.911. The topological polar surface area (TPSA) is 70.6 Å². The molecule has 2 aromatic carbocycles. The highest BCUT2D eigenvalue weighted by Crippen LogP contribution is 2.32. The van der Waals surface area contributed by atoms with E-state index in [0.29, 0.717) is 19.5 Å². The Morgan fingerprint density at radius 2 is 1.66 bits per heavy atom. The Bertz CT molecular complexity index is 1200. The van der Waals surface area contributed by atoms with Gasteiger partial charge in [-0.15, -0.1) is 0 Å². The number of carbonyl (C=O) groups excluding carboxylic acids is 1. The van der Waals surface area contributed by atoms with Crippen molar-refractivity contribution in [2.24, 2.45) is 0 Å². The minimum atomic E-state index is -0.0881. The molecule has 3 aromatic rings. The molecule has 5 rings (SSSR count). The van der Waals surface area contributed by atoms with Gasteiger partial charge >= 0.3 is 6.03 Å². The molecule has 1 aromatic heterocycles. The highest BCUT2D eigenvalue weighted by molar-refractivity contribution is 5.91. The van der Waals surface area contributed by atoms with E-state index in [1.807, 2.05) is 67.3 Å². The van der Waals surface area contributed by atoms with Crippen LogP contribution >= 0.6 is 0 Å². The van der Waals surface area contributed by atoms with Gasteiger partial charge in [0.2, 0.25) is 0 Å². The number of nitrogens with zero attached hydrogens (tertiary/aromatic N) is 4. The monoisotopic (exact) mass is 471 g/mol. The molecular weight excluding hydrogens is 438 g/mol. The molecular formula is C28H33N5O2. The number of morpholine rings is 1. The first kappa shape index (κ1) is 23.3. The fourth-order valence-electron chi connectivity index (χ4n) is 5.10. The summed E-state index contributed by atoms with van der Waals surface area (Å²) < 4.78 is 5.99. The predicted molar refractivity (Wildman–Crippen MR) is 139 cm³/mol. The molecule has 0 bridgehead atoms. The Morgan fingerprint density at radius 3 is 2.34 bits per heavy atom. The van der Waals surface area contributed by atoms with Crippen LogP contribution < -0.4 is 10.2 Å². The molecule has 35 heavy (non-hydrogen) atoms. The number of benzene rings is 2.